The van der Waals surface area contributed by atoms with Crippen LogP contribution in [0.25, 0.3) is 6.08 Å². The molecule has 1 aliphatic rings. The number of carbonyl (C=O) groups is 1. The molecule has 9 heteroatoms. The smallest absolute Gasteiger partial charge is 0.416 e. The zero-order chi connectivity index (χ0) is 15.3. The second kappa shape index (κ2) is 4.32. The van der Waals surface area contributed by atoms with Crippen LogP contribution < -0.4 is 5.73 Å². The van der Waals surface area contributed by atoms with Crippen LogP contribution in [0, 0.1) is 0 Å². The van der Waals surface area contributed by atoms with Crippen LogP contribution in [0.3, 0.4) is 0 Å². The first kappa shape index (κ1) is 14.5. The van der Waals surface area contributed by atoms with Gasteiger partial charge >= 0.3 is 12.1 Å². The van der Waals surface area contributed by atoms with Crippen LogP contribution in [0.1, 0.15) is 11.1 Å². The molecule has 108 valence electrons. The molecule has 0 aliphatic carbocycles. The van der Waals surface area contributed by atoms with E-state index in [1.165, 1.54) is 0 Å². The molecule has 3 N–H and O–H groups in total. The van der Waals surface area contributed by atoms with Crippen LogP contribution in [0.4, 0.5) is 13.2 Å². The second-order valence-electron chi connectivity index (χ2n) is 4.12. The monoisotopic (exact) mass is 307 g/mol. The standard InChI is InChI=1S/C11H8F3NO4S/c12-11(13,14)6-1-2-7-5(3-6)4-8(20(7,18)19)9(15)10(16)17/h1-4,9H,15H2,(H,16,17). The van der Waals surface area contributed by atoms with Crippen LogP contribution >= 0.6 is 0 Å². The highest BCUT2D eigenvalue weighted by Gasteiger charge is 2.38. The Morgan fingerprint density at radius 3 is 2.40 bits per heavy atom. The number of fused-ring (bicyclic) bond motifs is 1. The van der Waals surface area contributed by atoms with Crippen molar-refractivity contribution in [2.24, 2.45) is 5.73 Å². The summed E-state index contributed by atoms with van der Waals surface area (Å²) in [6.07, 6.45) is -3.76. The molecule has 0 saturated heterocycles. The number of alkyl halides is 3. The molecule has 0 radical (unpaired) electrons. The van der Waals surface area contributed by atoms with Gasteiger partial charge in [-0.05, 0) is 29.8 Å². The minimum absolute atomic E-state index is 0.216. The van der Waals surface area contributed by atoms with Crippen molar-refractivity contribution in [3.63, 3.8) is 0 Å². The molecule has 1 aromatic carbocycles. The maximum atomic E-state index is 12.5. The third-order valence-electron chi connectivity index (χ3n) is 2.81. The van der Waals surface area contributed by atoms with E-state index in [9.17, 15) is 26.4 Å². The van der Waals surface area contributed by atoms with Gasteiger partial charge in [0.2, 0.25) is 9.84 Å². The Kier molecular flexibility index (Phi) is 3.14. The quantitative estimate of drug-likeness (QED) is 0.857. The van der Waals surface area contributed by atoms with Gasteiger partial charge in [-0.15, -0.1) is 0 Å². The lowest BCUT2D eigenvalue weighted by Gasteiger charge is -2.09. The molecule has 1 aromatic rings. The van der Waals surface area contributed by atoms with Gasteiger partial charge in [-0.1, -0.05) is 0 Å². The molecule has 0 fully saturated rings. The minimum atomic E-state index is -4.62. The third-order valence-corrected chi connectivity index (χ3v) is 4.75. The van der Waals surface area contributed by atoms with Gasteiger partial charge in [0.15, 0.2) is 0 Å². The van der Waals surface area contributed by atoms with E-state index in [1.807, 2.05) is 0 Å². The summed E-state index contributed by atoms with van der Waals surface area (Å²) in [5, 5.41) is 8.73. The normalized spacial score (nSPS) is 18.3. The molecular formula is C11H8F3NO4S. The molecular weight excluding hydrogens is 299 g/mol. The molecule has 0 aromatic heterocycles. The van der Waals surface area contributed by atoms with Gasteiger partial charge in [-0.2, -0.15) is 13.2 Å². The van der Waals surface area contributed by atoms with Crippen molar-refractivity contribution in [3.05, 3.63) is 34.2 Å². The van der Waals surface area contributed by atoms with Crippen molar-refractivity contribution in [3.8, 4) is 0 Å². The zero-order valence-corrected chi connectivity index (χ0v) is 10.5. The molecule has 2 rings (SSSR count). The Hall–Kier alpha value is -1.87. The highest BCUT2D eigenvalue weighted by atomic mass is 32.2. The van der Waals surface area contributed by atoms with E-state index in [0.29, 0.717) is 12.1 Å². The number of sulfone groups is 1. The molecule has 1 unspecified atom stereocenters. The van der Waals surface area contributed by atoms with Crippen LogP contribution in [-0.4, -0.2) is 25.5 Å². The van der Waals surface area contributed by atoms with Gasteiger partial charge in [0.05, 0.1) is 15.4 Å². The molecule has 0 amide bonds. The van der Waals surface area contributed by atoms with Crippen molar-refractivity contribution >= 4 is 21.9 Å². The van der Waals surface area contributed by atoms with Gasteiger partial charge in [0, 0.05) is 0 Å². The average molecular weight is 307 g/mol. The first-order chi connectivity index (χ1) is 9.05. The fourth-order valence-electron chi connectivity index (χ4n) is 1.82. The summed E-state index contributed by atoms with van der Waals surface area (Å²) in [6, 6.07) is 0.251. The van der Waals surface area contributed by atoms with Crippen LogP contribution in [0.5, 0.6) is 0 Å². The summed E-state index contributed by atoms with van der Waals surface area (Å²) in [6.45, 7) is 0. The first-order valence-electron chi connectivity index (χ1n) is 5.21. The molecule has 0 bridgehead atoms. The number of halogens is 3. The highest BCUT2D eigenvalue weighted by molar-refractivity contribution is 7.96. The van der Waals surface area contributed by atoms with Crippen molar-refractivity contribution in [1.82, 2.24) is 0 Å². The maximum absolute atomic E-state index is 12.5. The van der Waals surface area contributed by atoms with E-state index >= 15 is 0 Å². The Bertz CT molecular complexity index is 722. The minimum Gasteiger partial charge on any atom is -0.480 e. The third kappa shape index (κ3) is 2.18. The van der Waals surface area contributed by atoms with Gasteiger partial charge < -0.3 is 10.8 Å². The molecule has 0 saturated carbocycles. The molecule has 0 spiro atoms. The Morgan fingerprint density at radius 1 is 1.30 bits per heavy atom. The number of benzene rings is 1. The summed E-state index contributed by atoms with van der Waals surface area (Å²) in [5.41, 5.74) is 3.99. The summed E-state index contributed by atoms with van der Waals surface area (Å²) >= 11 is 0. The maximum Gasteiger partial charge on any atom is 0.416 e. The number of hydrogen-bond acceptors (Lipinski definition) is 4. The number of rotatable bonds is 2. The number of nitrogens with two attached hydrogens (primary N) is 1. The fourth-order valence-corrected chi connectivity index (χ4v) is 3.47. The molecule has 1 heterocycles. The topological polar surface area (TPSA) is 97.5 Å². The summed E-state index contributed by atoms with van der Waals surface area (Å²) in [5.74, 6) is -1.58. The fraction of sp³-hybridized carbons (Fsp3) is 0.182. The average Bonchev–Trinajstić information content (AvgIpc) is 2.58. The lowest BCUT2D eigenvalue weighted by Crippen LogP contribution is -2.34. The van der Waals surface area contributed by atoms with Crippen LogP contribution in [-0.2, 0) is 20.8 Å². The largest absolute Gasteiger partial charge is 0.480 e. The number of carboxylic acid groups (broad SMARTS) is 1. The van der Waals surface area contributed by atoms with Gasteiger partial charge in [-0.25, -0.2) is 8.42 Å². The number of carboxylic acids is 1. The lowest BCUT2D eigenvalue weighted by molar-refractivity contribution is -0.138. The van der Waals surface area contributed by atoms with Crippen molar-refractivity contribution in [2.75, 3.05) is 0 Å². The SMILES string of the molecule is NC(C(=O)O)C1=Cc2cc(C(F)(F)F)ccc2S1(=O)=O. The molecule has 1 atom stereocenters. The molecule has 20 heavy (non-hydrogen) atoms. The first-order valence-corrected chi connectivity index (χ1v) is 6.70. The molecule has 1 aliphatic heterocycles. The van der Waals surface area contributed by atoms with Gasteiger partial charge in [0.25, 0.3) is 0 Å². The van der Waals surface area contributed by atoms with Gasteiger partial charge in [-0.3, -0.25) is 4.79 Å². The van der Waals surface area contributed by atoms with E-state index < -0.39 is 38.5 Å². The van der Waals surface area contributed by atoms with Crippen molar-refractivity contribution in [2.45, 2.75) is 17.1 Å². The number of hydrogen-bond donors (Lipinski definition) is 2. The Balaban J connectivity index is 2.60. The Morgan fingerprint density at radius 2 is 1.90 bits per heavy atom. The van der Waals surface area contributed by atoms with Crippen LogP contribution in [0.15, 0.2) is 28.0 Å². The molecule has 5 nitrogen and oxygen atoms in total. The van der Waals surface area contributed by atoms with Crippen molar-refractivity contribution < 1.29 is 31.5 Å². The van der Waals surface area contributed by atoms with E-state index in [4.69, 9.17) is 10.8 Å². The predicted octanol–water partition coefficient (Wildman–Crippen LogP) is 1.25. The van der Waals surface area contributed by atoms with E-state index in [-0.39, 0.29) is 10.5 Å². The van der Waals surface area contributed by atoms with Crippen molar-refractivity contribution in [1.29, 1.82) is 0 Å². The summed E-state index contributed by atoms with van der Waals surface area (Å²) < 4.78 is 61.6. The van der Waals surface area contributed by atoms with E-state index in [2.05, 4.69) is 0 Å². The van der Waals surface area contributed by atoms with Gasteiger partial charge in [0.1, 0.15) is 6.04 Å². The number of aliphatic carboxylic acids is 1. The lowest BCUT2D eigenvalue weighted by atomic mass is 10.1. The zero-order valence-electron chi connectivity index (χ0n) is 9.68. The van der Waals surface area contributed by atoms with E-state index in [1.54, 1.807) is 0 Å². The van der Waals surface area contributed by atoms with E-state index in [0.717, 1.165) is 12.1 Å². The summed E-state index contributed by atoms with van der Waals surface area (Å²) in [7, 11) is -4.16. The second-order valence-corrected chi connectivity index (χ2v) is 6.03. The predicted molar refractivity (Wildman–Crippen MR) is 62.2 cm³/mol. The summed E-state index contributed by atoms with van der Waals surface area (Å²) in [4.78, 5) is 9.74. The van der Waals surface area contributed by atoms with Crippen LogP contribution in [0.2, 0.25) is 0 Å². The highest BCUT2D eigenvalue weighted by Crippen LogP contribution is 2.38. The Labute approximate surface area is 111 Å².